The van der Waals surface area contributed by atoms with Crippen molar-refractivity contribution in [2.45, 2.75) is 19.8 Å². The highest BCUT2D eigenvalue weighted by Gasteiger charge is 2.01. The van der Waals surface area contributed by atoms with Crippen LogP contribution in [0, 0.1) is 0 Å². The minimum Gasteiger partial charge on any atom is -0.319 e. The van der Waals surface area contributed by atoms with Gasteiger partial charge in [-0.05, 0) is 25.5 Å². The first-order valence-corrected chi connectivity index (χ1v) is 4.85. The van der Waals surface area contributed by atoms with E-state index in [9.17, 15) is 0 Å². The highest BCUT2D eigenvalue weighted by Crippen LogP contribution is 2.12. The third-order valence-electron chi connectivity index (χ3n) is 1.88. The Kier molecular flexibility index (Phi) is 7.75. The van der Waals surface area contributed by atoms with Crippen LogP contribution >= 0.6 is 0 Å². The summed E-state index contributed by atoms with van der Waals surface area (Å²) in [4.78, 5) is 8.81. The minimum absolute atomic E-state index is 0.612. The molecule has 1 atom stereocenters. The molecule has 0 spiro atoms. The molecule has 0 aromatic heterocycles. The summed E-state index contributed by atoms with van der Waals surface area (Å²) in [6.07, 6.45) is 0.750. The Morgan fingerprint density at radius 2 is 1.86 bits per heavy atom. The summed E-state index contributed by atoms with van der Waals surface area (Å²) in [5.41, 5.74) is 1.40. The number of rotatable bonds is 3. The molecule has 14 heavy (non-hydrogen) atoms. The molecule has 78 valence electrons. The molecule has 1 aromatic carbocycles. The van der Waals surface area contributed by atoms with Crippen LogP contribution in [0.1, 0.15) is 25.3 Å². The number of nitrogens with one attached hydrogen (secondary N) is 1. The molecule has 0 aliphatic heterocycles. The van der Waals surface area contributed by atoms with Crippen molar-refractivity contribution in [3.05, 3.63) is 35.9 Å². The highest BCUT2D eigenvalue weighted by atomic mass is 16.1. The van der Waals surface area contributed by atoms with Gasteiger partial charge in [0.05, 0.1) is 0 Å². The maximum absolute atomic E-state index is 8.81. The smallest absolute Gasteiger partial charge is 0.116 e. The Morgan fingerprint density at radius 1 is 1.36 bits per heavy atom. The average molecular weight is 193 g/mol. The molecule has 0 aliphatic carbocycles. The Hall–Kier alpha value is -1.15. The summed E-state index contributed by atoms with van der Waals surface area (Å²) < 4.78 is 0. The number of benzene rings is 1. The maximum Gasteiger partial charge on any atom is 0.116 e. The summed E-state index contributed by atoms with van der Waals surface area (Å²) in [5, 5.41) is 3.17. The molecule has 2 nitrogen and oxygen atoms in total. The van der Waals surface area contributed by atoms with Crippen LogP contribution in [0.5, 0.6) is 0 Å². The Bertz CT molecular complexity index is 233. The first-order valence-electron chi connectivity index (χ1n) is 4.85. The van der Waals surface area contributed by atoms with E-state index in [0.717, 1.165) is 12.8 Å². The number of carbonyl (C=O) groups is 1. The van der Waals surface area contributed by atoms with Gasteiger partial charge in [0.15, 0.2) is 0 Å². The third kappa shape index (κ3) is 5.49. The summed E-state index contributed by atoms with van der Waals surface area (Å²) in [7, 11) is 1.99. The molecule has 0 fully saturated rings. The Balaban J connectivity index is 0.000000500. The van der Waals surface area contributed by atoms with Crippen molar-refractivity contribution < 1.29 is 4.79 Å². The fourth-order valence-corrected chi connectivity index (χ4v) is 1.21. The van der Waals surface area contributed by atoms with Crippen molar-refractivity contribution in [2.75, 3.05) is 13.6 Å². The fraction of sp³-hybridized carbons (Fsp3) is 0.417. The van der Waals surface area contributed by atoms with E-state index in [-0.39, 0.29) is 0 Å². The number of hydrogen-bond acceptors (Lipinski definition) is 2. The lowest BCUT2D eigenvalue weighted by atomic mass is 10.0. The zero-order valence-electron chi connectivity index (χ0n) is 9.16. The van der Waals surface area contributed by atoms with E-state index in [4.69, 9.17) is 4.79 Å². The predicted molar refractivity (Wildman–Crippen MR) is 60.5 cm³/mol. The van der Waals surface area contributed by atoms with Crippen LogP contribution < -0.4 is 5.32 Å². The lowest BCUT2D eigenvalue weighted by Crippen LogP contribution is -2.14. The van der Waals surface area contributed by atoms with Crippen LogP contribution in [-0.2, 0) is 4.79 Å². The Labute approximate surface area is 86.3 Å². The fourth-order valence-electron chi connectivity index (χ4n) is 1.21. The van der Waals surface area contributed by atoms with Crippen molar-refractivity contribution in [1.82, 2.24) is 5.32 Å². The normalized spacial score (nSPS) is 11.1. The molecule has 0 bridgehead atoms. The summed E-state index contributed by atoms with van der Waals surface area (Å²) in [6.45, 7) is 4.72. The zero-order valence-corrected chi connectivity index (χ0v) is 9.16. The summed E-state index contributed by atoms with van der Waals surface area (Å²) in [6, 6.07) is 10.6. The number of aldehydes is 1. The molecule has 0 saturated carbocycles. The molecule has 0 aliphatic rings. The SMILES string of the molecule is CC=O.CNCC(C)c1ccccc1. The van der Waals surface area contributed by atoms with Crippen LogP contribution in [0.25, 0.3) is 0 Å². The molecule has 1 rings (SSSR count). The van der Waals surface area contributed by atoms with Crippen LogP contribution in [0.4, 0.5) is 0 Å². The van der Waals surface area contributed by atoms with Crippen molar-refractivity contribution in [1.29, 1.82) is 0 Å². The van der Waals surface area contributed by atoms with Crippen molar-refractivity contribution >= 4 is 6.29 Å². The first-order chi connectivity index (χ1) is 6.76. The summed E-state index contributed by atoms with van der Waals surface area (Å²) in [5.74, 6) is 0.612. The van der Waals surface area contributed by atoms with Gasteiger partial charge in [-0.1, -0.05) is 37.3 Å². The second-order valence-corrected chi connectivity index (χ2v) is 3.11. The van der Waals surface area contributed by atoms with Gasteiger partial charge in [-0.2, -0.15) is 0 Å². The van der Waals surface area contributed by atoms with E-state index in [1.165, 1.54) is 12.5 Å². The average Bonchev–Trinajstić information content (AvgIpc) is 2.21. The standard InChI is InChI=1S/C10H15N.C2H4O/c1-9(8-11-2)10-6-4-3-5-7-10;1-2-3/h3-7,9,11H,8H2,1-2H3;2H,1H3. The number of carbonyl (C=O) groups excluding carboxylic acids is 1. The largest absolute Gasteiger partial charge is 0.319 e. The number of likely N-dealkylation sites (N-methyl/N-ethyl adjacent to an activating group) is 1. The Morgan fingerprint density at radius 3 is 2.29 bits per heavy atom. The van der Waals surface area contributed by atoms with Gasteiger partial charge in [0, 0.05) is 6.54 Å². The van der Waals surface area contributed by atoms with Gasteiger partial charge < -0.3 is 10.1 Å². The molecule has 1 aromatic rings. The molecular formula is C12H19NO. The van der Waals surface area contributed by atoms with Crippen LogP contribution in [0.15, 0.2) is 30.3 Å². The van der Waals surface area contributed by atoms with Crippen molar-refractivity contribution in [3.8, 4) is 0 Å². The van der Waals surface area contributed by atoms with E-state index in [0.29, 0.717) is 5.92 Å². The summed E-state index contributed by atoms with van der Waals surface area (Å²) >= 11 is 0. The quantitative estimate of drug-likeness (QED) is 0.746. The topological polar surface area (TPSA) is 29.1 Å². The van der Waals surface area contributed by atoms with Gasteiger partial charge in [0.25, 0.3) is 0 Å². The van der Waals surface area contributed by atoms with Crippen LogP contribution in [0.3, 0.4) is 0 Å². The van der Waals surface area contributed by atoms with Gasteiger partial charge in [-0.3, -0.25) is 0 Å². The van der Waals surface area contributed by atoms with Gasteiger partial charge in [-0.15, -0.1) is 0 Å². The van der Waals surface area contributed by atoms with Crippen LogP contribution in [-0.4, -0.2) is 19.9 Å². The van der Waals surface area contributed by atoms with Gasteiger partial charge in [0.1, 0.15) is 6.29 Å². The van der Waals surface area contributed by atoms with Crippen LogP contribution in [0.2, 0.25) is 0 Å². The first kappa shape index (κ1) is 12.8. The zero-order chi connectivity index (χ0) is 10.8. The molecule has 0 amide bonds. The predicted octanol–water partition coefficient (Wildman–Crippen LogP) is 2.21. The van der Waals surface area contributed by atoms with E-state index < -0.39 is 0 Å². The van der Waals surface area contributed by atoms with E-state index in [1.807, 2.05) is 7.05 Å². The minimum atomic E-state index is 0.612. The van der Waals surface area contributed by atoms with Crippen molar-refractivity contribution in [3.63, 3.8) is 0 Å². The lowest BCUT2D eigenvalue weighted by Gasteiger charge is -2.09. The van der Waals surface area contributed by atoms with E-state index >= 15 is 0 Å². The molecule has 0 radical (unpaired) electrons. The van der Waals surface area contributed by atoms with E-state index in [1.54, 1.807) is 0 Å². The molecule has 2 heteroatoms. The molecule has 0 saturated heterocycles. The van der Waals surface area contributed by atoms with Gasteiger partial charge in [-0.25, -0.2) is 0 Å². The lowest BCUT2D eigenvalue weighted by molar-refractivity contribution is -0.106. The molecular weight excluding hydrogens is 174 g/mol. The van der Waals surface area contributed by atoms with Crippen molar-refractivity contribution in [2.24, 2.45) is 0 Å². The second kappa shape index (κ2) is 8.45. The van der Waals surface area contributed by atoms with Gasteiger partial charge in [0.2, 0.25) is 0 Å². The second-order valence-electron chi connectivity index (χ2n) is 3.11. The molecule has 1 unspecified atom stereocenters. The van der Waals surface area contributed by atoms with Gasteiger partial charge >= 0.3 is 0 Å². The molecule has 1 N–H and O–H groups in total. The van der Waals surface area contributed by atoms with E-state index in [2.05, 4.69) is 42.6 Å². The maximum atomic E-state index is 8.81. The third-order valence-corrected chi connectivity index (χ3v) is 1.88. The monoisotopic (exact) mass is 193 g/mol. The molecule has 0 heterocycles. The highest BCUT2D eigenvalue weighted by molar-refractivity contribution is 5.44. The number of hydrogen-bond donors (Lipinski definition) is 1.